The Labute approximate surface area is 138 Å². The highest BCUT2D eigenvalue weighted by molar-refractivity contribution is 9.11. The molecular weight excluding hydrogens is 406 g/mol. The maximum Gasteiger partial charge on any atom is 0.241 e. The third-order valence-corrected chi connectivity index (χ3v) is 5.94. The Balaban J connectivity index is 2.42. The molecule has 1 rings (SSSR count). The van der Waals surface area contributed by atoms with Crippen LogP contribution < -0.4 is 4.72 Å². The molecule has 0 aliphatic heterocycles. The summed E-state index contributed by atoms with van der Waals surface area (Å²) in [4.78, 5) is 0.284. The van der Waals surface area contributed by atoms with Crippen LogP contribution in [0.15, 0.2) is 32.0 Å². The average Bonchev–Trinajstić information content (AvgIpc) is 2.37. The third-order valence-electron chi connectivity index (χ3n) is 3.01. The molecule has 1 aromatic rings. The molecule has 0 bridgehead atoms. The molecule has 6 heteroatoms. The number of hydrogen-bond donors (Lipinski definition) is 1. The van der Waals surface area contributed by atoms with Crippen molar-refractivity contribution in [3.63, 3.8) is 0 Å². The molecule has 0 aromatic heterocycles. The van der Waals surface area contributed by atoms with Gasteiger partial charge in [-0.05, 0) is 40.5 Å². The van der Waals surface area contributed by atoms with E-state index in [9.17, 15) is 8.42 Å². The molecule has 0 aliphatic rings. The van der Waals surface area contributed by atoms with E-state index in [1.165, 1.54) is 25.7 Å². The van der Waals surface area contributed by atoms with Crippen LogP contribution in [0, 0.1) is 0 Å². The summed E-state index contributed by atoms with van der Waals surface area (Å²) in [5.74, 6) is 0. The minimum absolute atomic E-state index is 0.284. The molecule has 0 amide bonds. The molecule has 0 fully saturated rings. The van der Waals surface area contributed by atoms with E-state index in [4.69, 9.17) is 0 Å². The second kappa shape index (κ2) is 9.18. The second-order valence-corrected chi connectivity index (χ2v) is 8.25. The molecule has 0 spiro atoms. The van der Waals surface area contributed by atoms with Crippen LogP contribution in [0.4, 0.5) is 0 Å². The van der Waals surface area contributed by atoms with Gasteiger partial charge in [-0.1, -0.05) is 55.0 Å². The van der Waals surface area contributed by atoms with Gasteiger partial charge in [-0.25, -0.2) is 13.1 Å². The fourth-order valence-corrected chi connectivity index (χ4v) is 4.70. The minimum atomic E-state index is -3.42. The molecule has 0 saturated carbocycles. The quantitative estimate of drug-likeness (QED) is 0.573. The molecule has 0 atom stereocenters. The van der Waals surface area contributed by atoms with Crippen molar-refractivity contribution < 1.29 is 8.42 Å². The number of sulfonamides is 1. The van der Waals surface area contributed by atoms with Gasteiger partial charge in [-0.15, -0.1) is 0 Å². The molecule has 0 saturated heterocycles. The number of benzene rings is 1. The van der Waals surface area contributed by atoms with Gasteiger partial charge in [0.1, 0.15) is 0 Å². The molecule has 0 unspecified atom stereocenters. The Hall–Kier alpha value is 0.0900. The zero-order valence-electron chi connectivity index (χ0n) is 11.7. The molecule has 20 heavy (non-hydrogen) atoms. The van der Waals surface area contributed by atoms with Gasteiger partial charge in [0.05, 0.1) is 4.90 Å². The van der Waals surface area contributed by atoms with Crippen LogP contribution in [-0.2, 0) is 10.0 Å². The Morgan fingerprint density at radius 3 is 2.35 bits per heavy atom. The summed E-state index contributed by atoms with van der Waals surface area (Å²) in [6.07, 6.45) is 6.86. The number of unbranched alkanes of at least 4 members (excludes halogenated alkanes) is 5. The van der Waals surface area contributed by atoms with Crippen LogP contribution in [0.25, 0.3) is 0 Å². The van der Waals surface area contributed by atoms with Crippen molar-refractivity contribution in [2.24, 2.45) is 0 Å². The van der Waals surface area contributed by atoms with Crippen LogP contribution in [-0.4, -0.2) is 15.0 Å². The Morgan fingerprint density at radius 2 is 1.70 bits per heavy atom. The van der Waals surface area contributed by atoms with E-state index in [0.29, 0.717) is 11.0 Å². The van der Waals surface area contributed by atoms with Crippen LogP contribution in [0.3, 0.4) is 0 Å². The van der Waals surface area contributed by atoms with Gasteiger partial charge in [0.15, 0.2) is 0 Å². The van der Waals surface area contributed by atoms with Crippen molar-refractivity contribution in [2.45, 2.75) is 50.3 Å². The lowest BCUT2D eigenvalue weighted by Crippen LogP contribution is -2.25. The summed E-state index contributed by atoms with van der Waals surface area (Å²) >= 11 is 6.60. The molecule has 1 aromatic carbocycles. The summed E-state index contributed by atoms with van der Waals surface area (Å²) in [5, 5.41) is 0. The van der Waals surface area contributed by atoms with E-state index < -0.39 is 10.0 Å². The standard InChI is InChI=1S/C14H21Br2NO2S/c1-2-3-4-5-6-7-10-17-20(18,19)14-9-8-12(15)11-13(14)16/h8-9,11,17H,2-7,10H2,1H3. The van der Waals surface area contributed by atoms with Crippen molar-refractivity contribution >= 4 is 41.9 Å². The maximum absolute atomic E-state index is 12.1. The van der Waals surface area contributed by atoms with Gasteiger partial charge in [-0.2, -0.15) is 0 Å². The number of hydrogen-bond acceptors (Lipinski definition) is 2. The number of nitrogens with one attached hydrogen (secondary N) is 1. The van der Waals surface area contributed by atoms with Crippen LogP contribution in [0.1, 0.15) is 45.4 Å². The molecule has 114 valence electrons. The van der Waals surface area contributed by atoms with Crippen LogP contribution in [0.2, 0.25) is 0 Å². The van der Waals surface area contributed by atoms with Gasteiger partial charge in [0, 0.05) is 15.5 Å². The third kappa shape index (κ3) is 6.24. The van der Waals surface area contributed by atoms with Gasteiger partial charge in [0.2, 0.25) is 10.0 Å². The topological polar surface area (TPSA) is 46.2 Å². The normalized spacial score (nSPS) is 11.8. The van der Waals surface area contributed by atoms with Crippen molar-refractivity contribution in [3.05, 3.63) is 27.1 Å². The lowest BCUT2D eigenvalue weighted by molar-refractivity contribution is 0.567. The first-order valence-electron chi connectivity index (χ1n) is 6.92. The number of rotatable bonds is 9. The predicted molar refractivity (Wildman–Crippen MR) is 90.4 cm³/mol. The van der Waals surface area contributed by atoms with E-state index >= 15 is 0 Å². The molecule has 0 aliphatic carbocycles. The first-order chi connectivity index (χ1) is 9.47. The van der Waals surface area contributed by atoms with E-state index in [-0.39, 0.29) is 4.90 Å². The van der Waals surface area contributed by atoms with E-state index in [1.807, 2.05) is 0 Å². The number of halogens is 2. The monoisotopic (exact) mass is 425 g/mol. The minimum Gasteiger partial charge on any atom is -0.211 e. The van der Waals surface area contributed by atoms with Crippen molar-refractivity contribution in [2.75, 3.05) is 6.54 Å². The lowest BCUT2D eigenvalue weighted by atomic mass is 10.1. The van der Waals surface area contributed by atoms with Gasteiger partial charge in [0.25, 0.3) is 0 Å². The summed E-state index contributed by atoms with van der Waals surface area (Å²) < 4.78 is 28.4. The highest BCUT2D eigenvalue weighted by atomic mass is 79.9. The van der Waals surface area contributed by atoms with Gasteiger partial charge in [-0.3, -0.25) is 0 Å². The Morgan fingerprint density at radius 1 is 1.05 bits per heavy atom. The van der Waals surface area contributed by atoms with E-state index in [1.54, 1.807) is 18.2 Å². The molecule has 3 nitrogen and oxygen atoms in total. The maximum atomic E-state index is 12.1. The van der Waals surface area contributed by atoms with Crippen molar-refractivity contribution in [1.29, 1.82) is 0 Å². The Bertz CT molecular complexity index is 518. The van der Waals surface area contributed by atoms with E-state index in [2.05, 4.69) is 43.5 Å². The summed E-state index contributed by atoms with van der Waals surface area (Å²) in [7, 11) is -3.42. The van der Waals surface area contributed by atoms with Crippen molar-refractivity contribution in [3.8, 4) is 0 Å². The van der Waals surface area contributed by atoms with Gasteiger partial charge >= 0.3 is 0 Å². The predicted octanol–water partition coefficient (Wildman–Crippen LogP) is 4.85. The average molecular weight is 427 g/mol. The van der Waals surface area contributed by atoms with Crippen molar-refractivity contribution in [1.82, 2.24) is 4.72 Å². The summed E-state index contributed by atoms with van der Waals surface area (Å²) in [6, 6.07) is 5.06. The SMILES string of the molecule is CCCCCCCCNS(=O)(=O)c1ccc(Br)cc1Br. The zero-order valence-corrected chi connectivity index (χ0v) is 15.7. The largest absolute Gasteiger partial charge is 0.241 e. The fraction of sp³-hybridized carbons (Fsp3) is 0.571. The first kappa shape index (κ1) is 18.1. The van der Waals surface area contributed by atoms with Gasteiger partial charge < -0.3 is 0 Å². The molecule has 0 radical (unpaired) electrons. The molecule has 0 heterocycles. The zero-order chi connectivity index (χ0) is 15.0. The van der Waals surface area contributed by atoms with Crippen LogP contribution >= 0.6 is 31.9 Å². The smallest absolute Gasteiger partial charge is 0.211 e. The molecule has 1 N–H and O–H groups in total. The van der Waals surface area contributed by atoms with Crippen LogP contribution in [0.5, 0.6) is 0 Å². The summed E-state index contributed by atoms with van der Waals surface area (Å²) in [6.45, 7) is 2.68. The first-order valence-corrected chi connectivity index (χ1v) is 9.99. The highest BCUT2D eigenvalue weighted by Gasteiger charge is 2.16. The Kier molecular flexibility index (Phi) is 8.32. The lowest BCUT2D eigenvalue weighted by Gasteiger charge is -2.08. The highest BCUT2D eigenvalue weighted by Crippen LogP contribution is 2.25. The van der Waals surface area contributed by atoms with E-state index in [0.717, 1.165) is 17.3 Å². The fourth-order valence-electron chi connectivity index (χ4n) is 1.88. The second-order valence-electron chi connectivity index (χ2n) is 4.74. The summed E-state index contributed by atoms with van der Waals surface area (Å²) in [5.41, 5.74) is 0. The molecular formula is C14H21Br2NO2S.